The van der Waals surface area contributed by atoms with E-state index in [4.69, 9.17) is 4.99 Å². The van der Waals surface area contributed by atoms with Crippen molar-refractivity contribution in [3.05, 3.63) is 53.1 Å². The third-order valence-electron chi connectivity index (χ3n) is 6.20. The van der Waals surface area contributed by atoms with Gasteiger partial charge in [0.2, 0.25) is 11.8 Å². The van der Waals surface area contributed by atoms with Crippen molar-refractivity contribution in [2.45, 2.75) is 52.9 Å². The Bertz CT molecular complexity index is 1020. The Morgan fingerprint density at radius 2 is 1.87 bits per heavy atom. The van der Waals surface area contributed by atoms with Gasteiger partial charge in [0.1, 0.15) is 6.54 Å². The van der Waals surface area contributed by atoms with Crippen LogP contribution < -0.4 is 10.2 Å². The van der Waals surface area contributed by atoms with Gasteiger partial charge in [-0.25, -0.2) is 0 Å². The molecule has 4 rings (SSSR count). The van der Waals surface area contributed by atoms with Gasteiger partial charge in [-0.05, 0) is 80.0 Å². The minimum absolute atomic E-state index is 0.0143. The van der Waals surface area contributed by atoms with E-state index in [1.807, 2.05) is 50.2 Å². The number of aliphatic imine (C=N–C) groups is 1. The molecule has 0 unspecified atom stereocenters. The Balaban J connectivity index is 1.60. The van der Waals surface area contributed by atoms with Gasteiger partial charge < -0.3 is 10.2 Å². The fraction of sp³-hybridized carbons (Fsp3) is 0.400. The van der Waals surface area contributed by atoms with Gasteiger partial charge in [0.05, 0.1) is 17.3 Å². The van der Waals surface area contributed by atoms with Crippen LogP contribution in [0.1, 0.15) is 55.7 Å². The molecule has 2 aliphatic rings. The second-order valence-corrected chi connectivity index (χ2v) is 8.72. The summed E-state index contributed by atoms with van der Waals surface area (Å²) in [6, 6.07) is 11.9. The van der Waals surface area contributed by atoms with Gasteiger partial charge in [-0.15, -0.1) is 0 Å². The number of rotatable bonds is 4. The lowest BCUT2D eigenvalue weighted by Gasteiger charge is -2.25. The summed E-state index contributed by atoms with van der Waals surface area (Å²) in [6.45, 7) is 8.33. The van der Waals surface area contributed by atoms with Crippen molar-refractivity contribution in [2.24, 2.45) is 10.9 Å². The zero-order chi connectivity index (χ0) is 21.4. The molecule has 1 aliphatic heterocycles. The molecule has 2 amide bonds. The molecular weight excluding hydrogens is 374 g/mol. The van der Waals surface area contributed by atoms with Crippen LogP contribution in [0, 0.1) is 19.8 Å². The summed E-state index contributed by atoms with van der Waals surface area (Å²) in [5.74, 6) is 0.00856. The average Bonchev–Trinajstić information content (AvgIpc) is 3.13. The molecule has 30 heavy (non-hydrogen) atoms. The summed E-state index contributed by atoms with van der Waals surface area (Å²) >= 11 is 0. The van der Waals surface area contributed by atoms with Crippen molar-refractivity contribution in [1.82, 2.24) is 0 Å². The van der Waals surface area contributed by atoms with E-state index in [1.54, 1.807) is 4.90 Å². The van der Waals surface area contributed by atoms with E-state index in [0.29, 0.717) is 5.92 Å². The number of carbonyl (C=O) groups is 2. The molecule has 1 heterocycles. The molecule has 5 nitrogen and oxygen atoms in total. The molecule has 0 saturated heterocycles. The number of anilines is 2. The smallest absolute Gasteiger partial charge is 0.244 e. The van der Waals surface area contributed by atoms with Gasteiger partial charge in [-0.1, -0.05) is 26.0 Å². The standard InChI is InChI=1S/C25H29N3O2/c1-15(2)18-8-10-19(11-9-18)26-24(29)14-28-23-13-17(4)16(3)12-22(23)27-21-7-5-6-20(21)25(28)30/h8-13,15,20H,5-7,14H2,1-4H3,(H,26,29)/t20-/m0/s1. The maximum atomic E-state index is 13.4. The molecule has 2 aromatic rings. The highest BCUT2D eigenvalue weighted by Gasteiger charge is 2.37. The third-order valence-corrected chi connectivity index (χ3v) is 6.20. The maximum Gasteiger partial charge on any atom is 0.244 e. The van der Waals surface area contributed by atoms with E-state index in [0.717, 1.165) is 53.2 Å². The summed E-state index contributed by atoms with van der Waals surface area (Å²) in [4.78, 5) is 32.7. The van der Waals surface area contributed by atoms with Crippen LogP contribution in [0.5, 0.6) is 0 Å². The molecule has 0 radical (unpaired) electrons. The van der Waals surface area contributed by atoms with E-state index in [1.165, 1.54) is 5.56 Å². The SMILES string of the molecule is Cc1cc2c(cc1C)N(CC(=O)Nc1ccc(C(C)C)cc1)C(=O)[C@H]1CCCC1=N2. The van der Waals surface area contributed by atoms with E-state index >= 15 is 0 Å². The Kier molecular flexibility index (Phi) is 5.46. The van der Waals surface area contributed by atoms with Gasteiger partial charge in [0, 0.05) is 11.4 Å². The molecule has 1 N–H and O–H groups in total. The number of amides is 2. The monoisotopic (exact) mass is 403 g/mol. The van der Waals surface area contributed by atoms with Crippen LogP contribution in [-0.4, -0.2) is 24.1 Å². The molecule has 1 atom stereocenters. The van der Waals surface area contributed by atoms with Crippen LogP contribution in [0.15, 0.2) is 41.4 Å². The predicted molar refractivity (Wildman–Crippen MR) is 122 cm³/mol. The van der Waals surface area contributed by atoms with Gasteiger partial charge in [-0.2, -0.15) is 0 Å². The molecule has 1 aliphatic carbocycles. The lowest BCUT2D eigenvalue weighted by Crippen LogP contribution is -2.42. The molecule has 1 saturated carbocycles. The number of benzene rings is 2. The number of hydrogen-bond donors (Lipinski definition) is 1. The molecule has 2 aromatic carbocycles. The second kappa shape index (κ2) is 8.05. The summed E-state index contributed by atoms with van der Waals surface area (Å²) in [5, 5.41) is 2.94. The van der Waals surface area contributed by atoms with Crippen molar-refractivity contribution >= 4 is 34.6 Å². The van der Waals surface area contributed by atoms with Crippen molar-refractivity contribution in [3.8, 4) is 0 Å². The Hall–Kier alpha value is -2.95. The zero-order valence-corrected chi connectivity index (χ0v) is 18.2. The predicted octanol–water partition coefficient (Wildman–Crippen LogP) is 5.28. The molecule has 156 valence electrons. The molecule has 0 aromatic heterocycles. The lowest BCUT2D eigenvalue weighted by atomic mass is 10.0. The van der Waals surface area contributed by atoms with Crippen LogP contribution >= 0.6 is 0 Å². The number of carbonyl (C=O) groups excluding carboxylic acids is 2. The van der Waals surface area contributed by atoms with Crippen LogP contribution in [0.25, 0.3) is 0 Å². The summed E-state index contributed by atoms with van der Waals surface area (Å²) in [5.41, 5.74) is 6.67. The first kappa shape index (κ1) is 20.3. The van der Waals surface area contributed by atoms with Crippen LogP contribution in [-0.2, 0) is 9.59 Å². The summed E-state index contributed by atoms with van der Waals surface area (Å²) < 4.78 is 0. The number of aryl methyl sites for hydroxylation is 2. The highest BCUT2D eigenvalue weighted by molar-refractivity contribution is 6.16. The fourth-order valence-electron chi connectivity index (χ4n) is 4.24. The molecule has 0 spiro atoms. The van der Waals surface area contributed by atoms with E-state index in [2.05, 4.69) is 19.2 Å². The zero-order valence-electron chi connectivity index (χ0n) is 18.2. The van der Waals surface area contributed by atoms with Crippen molar-refractivity contribution in [1.29, 1.82) is 0 Å². The highest BCUT2D eigenvalue weighted by Crippen LogP contribution is 2.39. The molecular formula is C25H29N3O2. The van der Waals surface area contributed by atoms with E-state index in [9.17, 15) is 9.59 Å². The minimum atomic E-state index is -0.212. The normalized spacial score (nSPS) is 18.0. The maximum absolute atomic E-state index is 13.4. The number of nitrogens with zero attached hydrogens (tertiary/aromatic N) is 2. The third kappa shape index (κ3) is 3.89. The first-order chi connectivity index (χ1) is 14.3. The molecule has 0 bridgehead atoms. The highest BCUT2D eigenvalue weighted by atomic mass is 16.2. The first-order valence-electron chi connectivity index (χ1n) is 10.7. The lowest BCUT2D eigenvalue weighted by molar-refractivity contribution is -0.122. The largest absolute Gasteiger partial charge is 0.325 e. The Morgan fingerprint density at radius 1 is 1.17 bits per heavy atom. The van der Waals surface area contributed by atoms with E-state index < -0.39 is 0 Å². The Morgan fingerprint density at radius 3 is 2.57 bits per heavy atom. The van der Waals surface area contributed by atoms with Crippen molar-refractivity contribution < 1.29 is 9.59 Å². The van der Waals surface area contributed by atoms with Crippen LogP contribution in [0.3, 0.4) is 0 Å². The van der Waals surface area contributed by atoms with Gasteiger partial charge in [0.25, 0.3) is 0 Å². The van der Waals surface area contributed by atoms with Crippen LogP contribution in [0.2, 0.25) is 0 Å². The quantitative estimate of drug-likeness (QED) is 0.754. The topological polar surface area (TPSA) is 61.8 Å². The summed E-state index contributed by atoms with van der Waals surface area (Å²) in [7, 11) is 0. The first-order valence-corrected chi connectivity index (χ1v) is 10.7. The second-order valence-electron chi connectivity index (χ2n) is 8.72. The molecule has 1 fully saturated rings. The number of hydrogen-bond acceptors (Lipinski definition) is 3. The van der Waals surface area contributed by atoms with Crippen LogP contribution in [0.4, 0.5) is 17.1 Å². The van der Waals surface area contributed by atoms with Gasteiger partial charge in [-0.3, -0.25) is 14.6 Å². The van der Waals surface area contributed by atoms with Crippen molar-refractivity contribution in [2.75, 3.05) is 16.8 Å². The number of fused-ring (bicyclic) bond motifs is 2. The fourth-order valence-corrected chi connectivity index (χ4v) is 4.24. The Labute approximate surface area is 178 Å². The van der Waals surface area contributed by atoms with Crippen molar-refractivity contribution in [3.63, 3.8) is 0 Å². The van der Waals surface area contributed by atoms with E-state index in [-0.39, 0.29) is 24.3 Å². The number of nitrogens with one attached hydrogen (secondary N) is 1. The average molecular weight is 404 g/mol. The van der Waals surface area contributed by atoms with Gasteiger partial charge >= 0.3 is 0 Å². The molecule has 5 heteroatoms. The minimum Gasteiger partial charge on any atom is -0.325 e. The van der Waals surface area contributed by atoms with Gasteiger partial charge in [0.15, 0.2) is 0 Å². The summed E-state index contributed by atoms with van der Waals surface area (Å²) in [6.07, 6.45) is 2.63.